The molecule has 4 nitrogen and oxygen atoms in total. The van der Waals surface area contributed by atoms with Gasteiger partial charge in [0.15, 0.2) is 0 Å². The van der Waals surface area contributed by atoms with Gasteiger partial charge in [-0.25, -0.2) is 4.39 Å². The molecule has 0 radical (unpaired) electrons. The van der Waals surface area contributed by atoms with Crippen molar-refractivity contribution in [1.29, 1.82) is 0 Å². The van der Waals surface area contributed by atoms with Gasteiger partial charge in [-0.05, 0) is 36.4 Å². The van der Waals surface area contributed by atoms with Crippen LogP contribution in [0.15, 0.2) is 47.4 Å². The van der Waals surface area contributed by atoms with E-state index in [-0.39, 0.29) is 17.0 Å². The summed E-state index contributed by atoms with van der Waals surface area (Å²) in [4.78, 5) is 10.8. The lowest BCUT2D eigenvalue weighted by Gasteiger charge is -2.04. The molecule has 0 spiro atoms. The van der Waals surface area contributed by atoms with Gasteiger partial charge in [-0.1, -0.05) is 11.6 Å². The van der Waals surface area contributed by atoms with E-state index in [1.807, 2.05) is 0 Å². The molecule has 0 N–H and O–H groups in total. The Bertz CT molecular complexity index is 676. The summed E-state index contributed by atoms with van der Waals surface area (Å²) in [6.07, 6.45) is 0. The predicted molar refractivity (Wildman–Crippen MR) is 74.6 cm³/mol. The number of rotatable bonds is 4. The van der Waals surface area contributed by atoms with E-state index in [1.54, 1.807) is 0 Å². The highest BCUT2D eigenvalue weighted by Crippen LogP contribution is 2.25. The number of hydrogen-bond acceptors (Lipinski definition) is 3. The molecule has 20 heavy (non-hydrogen) atoms. The first-order chi connectivity index (χ1) is 9.47. The summed E-state index contributed by atoms with van der Waals surface area (Å²) in [5, 5.41) is 11.2. The first-order valence-corrected chi connectivity index (χ1v) is 7.24. The molecular weight excluding hydrogens is 305 g/mol. The molecule has 1 unspecified atom stereocenters. The fraction of sp³-hybridized carbons (Fsp3) is 0.0769. The number of benzene rings is 2. The largest absolute Gasteiger partial charge is 0.273 e. The maximum Gasteiger partial charge on any atom is 0.273 e. The first-order valence-electron chi connectivity index (χ1n) is 5.54. The van der Waals surface area contributed by atoms with Gasteiger partial charge in [0.05, 0.1) is 21.5 Å². The molecule has 104 valence electrons. The van der Waals surface area contributed by atoms with Crippen molar-refractivity contribution in [2.75, 3.05) is 0 Å². The standard InChI is InChI=1S/C13H9ClFNO3S/c14-10-1-6-13(16(17)18)9(7-10)8-20(19)12-4-2-11(15)3-5-12/h1-7H,8H2. The lowest BCUT2D eigenvalue weighted by atomic mass is 10.2. The summed E-state index contributed by atoms with van der Waals surface area (Å²) in [5.41, 5.74) is 0.148. The number of nitro groups is 1. The van der Waals surface area contributed by atoms with E-state index >= 15 is 0 Å². The van der Waals surface area contributed by atoms with Crippen LogP contribution in [-0.2, 0) is 16.6 Å². The predicted octanol–water partition coefficient (Wildman–Crippen LogP) is 3.70. The third kappa shape index (κ3) is 3.40. The number of nitro benzene ring substituents is 1. The Hall–Kier alpha value is -1.79. The summed E-state index contributed by atoms with van der Waals surface area (Å²) in [5.74, 6) is -0.484. The summed E-state index contributed by atoms with van der Waals surface area (Å²) in [6, 6.07) is 9.27. The molecule has 2 rings (SSSR count). The Morgan fingerprint density at radius 2 is 1.85 bits per heavy atom. The van der Waals surface area contributed by atoms with Crippen molar-refractivity contribution < 1.29 is 13.5 Å². The number of hydrogen-bond donors (Lipinski definition) is 0. The lowest BCUT2D eigenvalue weighted by Crippen LogP contribution is -2.01. The van der Waals surface area contributed by atoms with E-state index < -0.39 is 21.5 Å². The Kier molecular flexibility index (Phi) is 4.46. The molecule has 2 aromatic carbocycles. The molecule has 0 fully saturated rings. The van der Waals surface area contributed by atoms with Crippen molar-refractivity contribution in [3.63, 3.8) is 0 Å². The molecule has 0 bridgehead atoms. The molecular formula is C13H9ClFNO3S. The zero-order valence-corrected chi connectivity index (χ0v) is 11.7. The van der Waals surface area contributed by atoms with E-state index in [1.165, 1.54) is 42.5 Å². The third-order valence-electron chi connectivity index (χ3n) is 2.60. The van der Waals surface area contributed by atoms with Gasteiger partial charge in [-0.15, -0.1) is 0 Å². The van der Waals surface area contributed by atoms with E-state index in [2.05, 4.69) is 0 Å². The number of halogens is 2. The Balaban J connectivity index is 2.29. The van der Waals surface area contributed by atoms with Crippen LogP contribution < -0.4 is 0 Å². The van der Waals surface area contributed by atoms with Gasteiger partial charge in [-0.2, -0.15) is 0 Å². The van der Waals surface area contributed by atoms with Crippen molar-refractivity contribution in [3.8, 4) is 0 Å². The highest BCUT2D eigenvalue weighted by atomic mass is 35.5. The van der Waals surface area contributed by atoms with E-state index in [0.29, 0.717) is 9.92 Å². The quantitative estimate of drug-likeness (QED) is 0.639. The maximum atomic E-state index is 12.8. The zero-order chi connectivity index (χ0) is 14.7. The van der Waals surface area contributed by atoms with E-state index in [4.69, 9.17) is 11.6 Å². The van der Waals surface area contributed by atoms with Crippen LogP contribution in [0.25, 0.3) is 0 Å². The fourth-order valence-corrected chi connectivity index (χ4v) is 2.97. The second kappa shape index (κ2) is 6.11. The molecule has 0 heterocycles. The van der Waals surface area contributed by atoms with Gasteiger partial charge in [0.25, 0.3) is 5.69 Å². The van der Waals surface area contributed by atoms with Crippen LogP contribution in [0.5, 0.6) is 0 Å². The molecule has 0 aromatic heterocycles. The average Bonchev–Trinajstić information content (AvgIpc) is 2.39. The van der Waals surface area contributed by atoms with Crippen molar-refractivity contribution in [1.82, 2.24) is 0 Å². The summed E-state index contributed by atoms with van der Waals surface area (Å²) < 4.78 is 24.9. The van der Waals surface area contributed by atoms with Crippen LogP contribution in [-0.4, -0.2) is 9.13 Å². The van der Waals surface area contributed by atoms with Crippen LogP contribution in [0.3, 0.4) is 0 Å². The van der Waals surface area contributed by atoms with E-state index in [9.17, 15) is 18.7 Å². The lowest BCUT2D eigenvalue weighted by molar-refractivity contribution is -0.385. The van der Waals surface area contributed by atoms with Crippen molar-refractivity contribution >= 4 is 28.1 Å². The highest BCUT2D eigenvalue weighted by molar-refractivity contribution is 7.84. The topological polar surface area (TPSA) is 60.2 Å². The molecule has 0 aliphatic carbocycles. The monoisotopic (exact) mass is 313 g/mol. The van der Waals surface area contributed by atoms with Crippen molar-refractivity contribution in [3.05, 3.63) is 69.0 Å². The normalized spacial score (nSPS) is 12.1. The summed E-state index contributed by atoms with van der Waals surface area (Å²) >= 11 is 5.80. The molecule has 1 atom stereocenters. The maximum absolute atomic E-state index is 12.8. The molecule has 0 saturated carbocycles. The van der Waals surface area contributed by atoms with Crippen LogP contribution in [0.2, 0.25) is 5.02 Å². The first kappa shape index (κ1) is 14.6. The van der Waals surface area contributed by atoms with Crippen LogP contribution in [0.1, 0.15) is 5.56 Å². The van der Waals surface area contributed by atoms with E-state index in [0.717, 1.165) is 0 Å². The van der Waals surface area contributed by atoms with Gasteiger partial charge in [0, 0.05) is 21.5 Å². The van der Waals surface area contributed by atoms with Crippen molar-refractivity contribution in [2.24, 2.45) is 0 Å². The smallest absolute Gasteiger partial charge is 0.258 e. The molecule has 0 saturated heterocycles. The molecule has 7 heteroatoms. The average molecular weight is 314 g/mol. The Labute approximate surface area is 121 Å². The molecule has 0 amide bonds. The molecule has 0 aliphatic rings. The van der Waals surface area contributed by atoms with Gasteiger partial charge < -0.3 is 0 Å². The Morgan fingerprint density at radius 3 is 2.45 bits per heavy atom. The van der Waals surface area contributed by atoms with Crippen LogP contribution in [0.4, 0.5) is 10.1 Å². The minimum Gasteiger partial charge on any atom is -0.258 e. The van der Waals surface area contributed by atoms with Gasteiger partial charge >= 0.3 is 0 Å². The zero-order valence-electron chi connectivity index (χ0n) is 10.1. The minimum atomic E-state index is -1.51. The Morgan fingerprint density at radius 1 is 1.20 bits per heavy atom. The highest BCUT2D eigenvalue weighted by Gasteiger charge is 2.17. The minimum absolute atomic E-state index is 0.0531. The second-order valence-electron chi connectivity index (χ2n) is 3.97. The summed E-state index contributed by atoms with van der Waals surface area (Å²) in [7, 11) is -1.51. The van der Waals surface area contributed by atoms with Crippen LogP contribution in [0, 0.1) is 15.9 Å². The van der Waals surface area contributed by atoms with Crippen LogP contribution >= 0.6 is 11.6 Å². The summed E-state index contributed by atoms with van der Waals surface area (Å²) in [6.45, 7) is 0. The van der Waals surface area contributed by atoms with Gasteiger partial charge in [-0.3, -0.25) is 14.3 Å². The van der Waals surface area contributed by atoms with Gasteiger partial charge in [0.1, 0.15) is 5.82 Å². The number of nitrogens with zero attached hydrogens (tertiary/aromatic N) is 1. The SMILES string of the molecule is O=[N+]([O-])c1ccc(Cl)cc1CS(=O)c1ccc(F)cc1. The third-order valence-corrected chi connectivity index (χ3v) is 4.21. The molecule has 0 aliphatic heterocycles. The molecule has 2 aromatic rings. The van der Waals surface area contributed by atoms with Gasteiger partial charge in [0.2, 0.25) is 0 Å². The second-order valence-corrected chi connectivity index (χ2v) is 5.86. The van der Waals surface area contributed by atoms with Crippen molar-refractivity contribution in [2.45, 2.75) is 10.6 Å². The fourth-order valence-electron chi connectivity index (χ4n) is 1.66.